The predicted molar refractivity (Wildman–Crippen MR) is 63.2 cm³/mol. The molecule has 0 aromatic heterocycles. The van der Waals surface area contributed by atoms with Crippen molar-refractivity contribution in [1.82, 2.24) is 0 Å². The van der Waals surface area contributed by atoms with E-state index in [2.05, 4.69) is 15.9 Å². The van der Waals surface area contributed by atoms with Crippen LogP contribution in [0.4, 0.5) is 5.69 Å². The van der Waals surface area contributed by atoms with Crippen LogP contribution in [-0.2, 0) is 4.79 Å². The van der Waals surface area contributed by atoms with Gasteiger partial charge in [0.1, 0.15) is 0 Å². The Morgan fingerprint density at radius 3 is 2.73 bits per heavy atom. The summed E-state index contributed by atoms with van der Waals surface area (Å²) in [7, 11) is 0. The first-order chi connectivity index (χ1) is 7.18. The van der Waals surface area contributed by atoms with Gasteiger partial charge in [-0.15, -0.1) is 0 Å². The van der Waals surface area contributed by atoms with E-state index in [4.69, 9.17) is 5.84 Å². The molecule has 0 spiro atoms. The van der Waals surface area contributed by atoms with E-state index in [0.29, 0.717) is 0 Å². The fourth-order valence-corrected chi connectivity index (χ4v) is 1.99. The molecular formula is C11H13BrN2O. The molecule has 3 nitrogen and oxygen atoms in total. The highest BCUT2D eigenvalue weighted by Crippen LogP contribution is 2.29. The lowest BCUT2D eigenvalue weighted by atomic mass is 9.84. The van der Waals surface area contributed by atoms with Crippen LogP contribution in [0.2, 0.25) is 0 Å². The molecule has 1 aromatic rings. The molecule has 80 valence electrons. The summed E-state index contributed by atoms with van der Waals surface area (Å²) in [6.07, 6.45) is 3.09. The number of nitrogens with zero attached hydrogens (tertiary/aromatic N) is 1. The second kappa shape index (κ2) is 4.33. The monoisotopic (exact) mass is 268 g/mol. The summed E-state index contributed by atoms with van der Waals surface area (Å²) in [4.78, 5) is 11.8. The Bertz CT molecular complexity index is 377. The van der Waals surface area contributed by atoms with Crippen LogP contribution in [0.5, 0.6) is 0 Å². The zero-order chi connectivity index (χ0) is 10.8. The van der Waals surface area contributed by atoms with Crippen LogP contribution in [0.15, 0.2) is 28.7 Å². The quantitative estimate of drug-likeness (QED) is 0.509. The van der Waals surface area contributed by atoms with Crippen molar-refractivity contribution in [2.24, 2.45) is 11.8 Å². The minimum atomic E-state index is 0.0272. The molecule has 1 aromatic carbocycles. The fraction of sp³-hybridized carbons (Fsp3) is 0.364. The van der Waals surface area contributed by atoms with E-state index in [0.717, 1.165) is 29.4 Å². The maximum atomic E-state index is 11.8. The minimum Gasteiger partial charge on any atom is -0.273 e. The Morgan fingerprint density at radius 2 is 2.20 bits per heavy atom. The van der Waals surface area contributed by atoms with Gasteiger partial charge in [-0.2, -0.15) is 0 Å². The summed E-state index contributed by atoms with van der Waals surface area (Å²) in [5, 5.41) is 1.26. The number of carbonyl (C=O) groups excluding carboxylic acids is 1. The molecule has 0 heterocycles. The molecule has 1 aliphatic rings. The van der Waals surface area contributed by atoms with Gasteiger partial charge in [0.2, 0.25) is 5.91 Å². The van der Waals surface area contributed by atoms with Gasteiger partial charge in [-0.25, -0.2) is 10.9 Å². The molecule has 15 heavy (non-hydrogen) atoms. The van der Waals surface area contributed by atoms with Gasteiger partial charge in [0, 0.05) is 10.4 Å². The highest BCUT2D eigenvalue weighted by Gasteiger charge is 2.28. The third-order valence-corrected chi connectivity index (χ3v) is 3.27. The van der Waals surface area contributed by atoms with Crippen molar-refractivity contribution in [3.63, 3.8) is 0 Å². The Labute approximate surface area is 97.3 Å². The van der Waals surface area contributed by atoms with Crippen molar-refractivity contribution in [1.29, 1.82) is 0 Å². The number of benzene rings is 1. The topological polar surface area (TPSA) is 46.3 Å². The summed E-state index contributed by atoms with van der Waals surface area (Å²) < 4.78 is 0.928. The normalized spacial score (nSPS) is 15.9. The molecule has 0 bridgehead atoms. The summed E-state index contributed by atoms with van der Waals surface area (Å²) >= 11 is 3.35. The first-order valence-corrected chi connectivity index (χ1v) is 5.82. The Morgan fingerprint density at radius 1 is 1.47 bits per heavy atom. The number of rotatable bonds is 2. The minimum absolute atomic E-state index is 0.0272. The standard InChI is InChI=1S/C11H13BrN2O/c12-9-5-2-6-10(7-9)14(13)11(15)8-3-1-4-8/h2,5-8H,1,3-4,13H2. The lowest BCUT2D eigenvalue weighted by Crippen LogP contribution is -2.43. The number of nitrogens with two attached hydrogens (primary N) is 1. The van der Waals surface area contributed by atoms with Gasteiger partial charge in [0.15, 0.2) is 0 Å². The molecule has 2 rings (SSSR count). The molecule has 2 N–H and O–H groups in total. The van der Waals surface area contributed by atoms with Gasteiger partial charge in [0.05, 0.1) is 5.69 Å². The van der Waals surface area contributed by atoms with Gasteiger partial charge in [-0.1, -0.05) is 28.4 Å². The third-order valence-electron chi connectivity index (χ3n) is 2.78. The highest BCUT2D eigenvalue weighted by molar-refractivity contribution is 9.10. The summed E-state index contributed by atoms with van der Waals surface area (Å²) in [6.45, 7) is 0. The highest BCUT2D eigenvalue weighted by atomic mass is 79.9. The van der Waals surface area contributed by atoms with Crippen LogP contribution in [-0.4, -0.2) is 5.91 Å². The van der Waals surface area contributed by atoms with Crippen molar-refractivity contribution < 1.29 is 4.79 Å². The number of amides is 1. The number of hydrogen-bond donors (Lipinski definition) is 1. The fourth-order valence-electron chi connectivity index (χ4n) is 1.61. The number of hydrazine groups is 1. The largest absolute Gasteiger partial charge is 0.273 e. The van der Waals surface area contributed by atoms with E-state index in [1.165, 1.54) is 5.01 Å². The van der Waals surface area contributed by atoms with Crippen LogP contribution in [0, 0.1) is 5.92 Å². The maximum absolute atomic E-state index is 11.8. The van der Waals surface area contributed by atoms with Crippen LogP contribution in [0.25, 0.3) is 0 Å². The maximum Gasteiger partial charge on any atom is 0.244 e. The summed E-state index contributed by atoms with van der Waals surface area (Å²) in [6, 6.07) is 7.45. The SMILES string of the molecule is NN(C(=O)C1CCC1)c1cccc(Br)c1. The summed E-state index contributed by atoms with van der Waals surface area (Å²) in [5.74, 6) is 5.94. The molecule has 0 atom stereocenters. The van der Waals surface area contributed by atoms with E-state index in [1.54, 1.807) is 0 Å². The van der Waals surface area contributed by atoms with E-state index < -0.39 is 0 Å². The number of halogens is 1. The lowest BCUT2D eigenvalue weighted by molar-refractivity contribution is -0.124. The van der Waals surface area contributed by atoms with Gasteiger partial charge in [0.25, 0.3) is 0 Å². The van der Waals surface area contributed by atoms with E-state index in [9.17, 15) is 4.79 Å². The Kier molecular flexibility index (Phi) is 3.07. The molecule has 1 saturated carbocycles. The molecule has 0 unspecified atom stereocenters. The predicted octanol–water partition coefficient (Wildman–Crippen LogP) is 2.46. The average molecular weight is 269 g/mol. The van der Waals surface area contributed by atoms with Crippen molar-refractivity contribution in [2.75, 3.05) is 5.01 Å². The van der Waals surface area contributed by atoms with Crippen LogP contribution < -0.4 is 10.9 Å². The van der Waals surface area contributed by atoms with Crippen molar-refractivity contribution in [3.05, 3.63) is 28.7 Å². The number of anilines is 1. The smallest absolute Gasteiger partial charge is 0.244 e. The number of hydrogen-bond acceptors (Lipinski definition) is 2. The van der Waals surface area contributed by atoms with Gasteiger partial charge in [-0.3, -0.25) is 4.79 Å². The van der Waals surface area contributed by atoms with E-state index >= 15 is 0 Å². The van der Waals surface area contributed by atoms with Crippen molar-refractivity contribution in [3.8, 4) is 0 Å². The van der Waals surface area contributed by atoms with Crippen LogP contribution in [0.3, 0.4) is 0 Å². The molecule has 1 amide bonds. The van der Waals surface area contributed by atoms with Crippen LogP contribution in [0.1, 0.15) is 19.3 Å². The third kappa shape index (κ3) is 2.21. The van der Waals surface area contributed by atoms with Gasteiger partial charge < -0.3 is 0 Å². The van der Waals surface area contributed by atoms with Crippen molar-refractivity contribution in [2.45, 2.75) is 19.3 Å². The molecule has 1 fully saturated rings. The second-order valence-electron chi connectivity index (χ2n) is 3.82. The van der Waals surface area contributed by atoms with Crippen molar-refractivity contribution >= 4 is 27.5 Å². The summed E-state index contributed by atoms with van der Waals surface area (Å²) in [5.41, 5.74) is 0.737. The molecule has 0 radical (unpaired) electrons. The first-order valence-electron chi connectivity index (χ1n) is 5.03. The first kappa shape index (κ1) is 10.6. The van der Waals surface area contributed by atoms with E-state index in [1.807, 2.05) is 24.3 Å². The molecular weight excluding hydrogens is 256 g/mol. The zero-order valence-corrected chi connectivity index (χ0v) is 9.90. The molecule has 0 aliphatic heterocycles. The molecule has 0 saturated heterocycles. The van der Waals surface area contributed by atoms with E-state index in [-0.39, 0.29) is 11.8 Å². The molecule has 4 heteroatoms. The van der Waals surface area contributed by atoms with Gasteiger partial charge in [-0.05, 0) is 31.0 Å². The lowest BCUT2D eigenvalue weighted by Gasteiger charge is -2.28. The molecule has 1 aliphatic carbocycles. The Balaban J connectivity index is 2.12. The van der Waals surface area contributed by atoms with Crippen LogP contribution >= 0.6 is 15.9 Å². The van der Waals surface area contributed by atoms with Gasteiger partial charge >= 0.3 is 0 Å². The second-order valence-corrected chi connectivity index (χ2v) is 4.73. The average Bonchev–Trinajstić information content (AvgIpc) is 2.14. The zero-order valence-electron chi connectivity index (χ0n) is 8.32. The number of carbonyl (C=O) groups is 1. The Hall–Kier alpha value is -0.870.